The van der Waals surface area contributed by atoms with E-state index in [1.807, 2.05) is 0 Å². The van der Waals surface area contributed by atoms with Crippen LogP contribution in [0.15, 0.2) is 48.5 Å². The minimum Gasteiger partial charge on any atom is -0.321 e. The van der Waals surface area contributed by atoms with E-state index in [4.69, 9.17) is 11.6 Å². The molecule has 110 valence electrons. The number of anilines is 1. The van der Waals surface area contributed by atoms with Crippen LogP contribution in [-0.4, -0.2) is 20.6 Å². The van der Waals surface area contributed by atoms with Crippen LogP contribution in [0, 0.1) is 0 Å². The Kier molecular flexibility index (Phi) is 4.65. The fourth-order valence-electron chi connectivity index (χ4n) is 1.86. The van der Waals surface area contributed by atoms with Gasteiger partial charge in [0.25, 0.3) is 5.91 Å². The zero-order valence-electron chi connectivity index (χ0n) is 11.3. The minimum atomic E-state index is -3.14. The molecule has 0 fully saturated rings. The molecular weight excluding hydrogens is 310 g/mol. The first-order chi connectivity index (χ1) is 9.85. The minimum absolute atomic E-state index is 0.0970. The number of sulfone groups is 1. The van der Waals surface area contributed by atoms with Crippen LogP contribution in [-0.2, 0) is 15.6 Å². The molecule has 4 nitrogen and oxygen atoms in total. The molecule has 2 aromatic rings. The van der Waals surface area contributed by atoms with Crippen LogP contribution >= 0.6 is 11.6 Å². The molecule has 0 spiro atoms. The second kappa shape index (κ2) is 6.28. The number of carbonyl (C=O) groups is 1. The van der Waals surface area contributed by atoms with Crippen LogP contribution in [0.25, 0.3) is 0 Å². The van der Waals surface area contributed by atoms with E-state index >= 15 is 0 Å². The van der Waals surface area contributed by atoms with Crippen LogP contribution in [0.1, 0.15) is 15.9 Å². The number of halogens is 1. The van der Waals surface area contributed by atoms with Crippen LogP contribution < -0.4 is 5.32 Å². The Labute approximate surface area is 128 Å². The number of amides is 1. The Morgan fingerprint density at radius 2 is 1.86 bits per heavy atom. The standard InChI is InChI=1S/C15H14ClNO3S/c1-21(19,20)10-11-5-4-6-12(9-11)15(18)17-14-8-3-2-7-13(14)16/h2-9H,10H2,1H3,(H,17,18). The smallest absolute Gasteiger partial charge is 0.255 e. The summed E-state index contributed by atoms with van der Waals surface area (Å²) in [5.41, 5.74) is 1.47. The van der Waals surface area contributed by atoms with E-state index in [0.29, 0.717) is 21.8 Å². The van der Waals surface area contributed by atoms with Crippen LogP contribution in [0.5, 0.6) is 0 Å². The van der Waals surface area contributed by atoms with Crippen molar-refractivity contribution >= 4 is 33.0 Å². The van der Waals surface area contributed by atoms with Crippen molar-refractivity contribution in [1.82, 2.24) is 0 Å². The van der Waals surface area contributed by atoms with Crippen molar-refractivity contribution in [2.45, 2.75) is 5.75 Å². The Morgan fingerprint density at radius 1 is 1.14 bits per heavy atom. The number of benzene rings is 2. The second-order valence-electron chi connectivity index (χ2n) is 4.70. The fourth-order valence-corrected chi connectivity index (χ4v) is 2.83. The van der Waals surface area contributed by atoms with Crippen molar-refractivity contribution in [3.05, 3.63) is 64.7 Å². The summed E-state index contributed by atoms with van der Waals surface area (Å²) in [4.78, 5) is 12.2. The highest BCUT2D eigenvalue weighted by Gasteiger charge is 2.10. The highest BCUT2D eigenvalue weighted by Crippen LogP contribution is 2.21. The lowest BCUT2D eigenvalue weighted by molar-refractivity contribution is 0.102. The first kappa shape index (κ1) is 15.5. The van der Waals surface area contributed by atoms with Crippen LogP contribution in [0.4, 0.5) is 5.69 Å². The molecule has 0 radical (unpaired) electrons. The van der Waals surface area contributed by atoms with Gasteiger partial charge in [-0.1, -0.05) is 35.9 Å². The number of hydrogen-bond donors (Lipinski definition) is 1. The van der Waals surface area contributed by atoms with E-state index in [9.17, 15) is 13.2 Å². The third-order valence-corrected chi connectivity index (χ3v) is 3.93. The zero-order chi connectivity index (χ0) is 15.5. The Morgan fingerprint density at radius 3 is 2.52 bits per heavy atom. The van der Waals surface area contributed by atoms with Gasteiger partial charge in [0, 0.05) is 11.8 Å². The van der Waals surface area contributed by atoms with Gasteiger partial charge in [-0.3, -0.25) is 4.79 Å². The second-order valence-corrected chi connectivity index (χ2v) is 7.25. The number of para-hydroxylation sites is 1. The van der Waals surface area contributed by atoms with E-state index in [-0.39, 0.29) is 11.7 Å². The highest BCUT2D eigenvalue weighted by atomic mass is 35.5. The number of nitrogens with one attached hydrogen (secondary N) is 1. The van der Waals surface area contributed by atoms with E-state index in [1.165, 1.54) is 0 Å². The number of rotatable bonds is 4. The van der Waals surface area contributed by atoms with Gasteiger partial charge in [0.05, 0.1) is 16.5 Å². The normalized spacial score (nSPS) is 11.1. The number of hydrogen-bond acceptors (Lipinski definition) is 3. The Bertz CT molecular complexity index is 772. The number of carbonyl (C=O) groups excluding carboxylic acids is 1. The lowest BCUT2D eigenvalue weighted by Gasteiger charge is -2.08. The van der Waals surface area contributed by atoms with Gasteiger partial charge in [-0.15, -0.1) is 0 Å². The summed E-state index contributed by atoms with van der Waals surface area (Å²) in [6.45, 7) is 0. The average molecular weight is 324 g/mol. The maximum absolute atomic E-state index is 12.2. The van der Waals surface area contributed by atoms with Crippen LogP contribution in [0.3, 0.4) is 0 Å². The molecule has 0 saturated carbocycles. The largest absolute Gasteiger partial charge is 0.321 e. The monoisotopic (exact) mass is 323 g/mol. The molecule has 0 heterocycles. The van der Waals surface area contributed by atoms with Gasteiger partial charge in [0.2, 0.25) is 0 Å². The van der Waals surface area contributed by atoms with Gasteiger partial charge in [-0.05, 0) is 29.8 Å². The first-order valence-electron chi connectivity index (χ1n) is 6.18. The molecule has 0 aliphatic rings. The highest BCUT2D eigenvalue weighted by molar-refractivity contribution is 7.89. The molecule has 0 aliphatic carbocycles. The van der Waals surface area contributed by atoms with E-state index in [2.05, 4.69) is 5.32 Å². The zero-order valence-corrected chi connectivity index (χ0v) is 12.9. The maximum Gasteiger partial charge on any atom is 0.255 e. The Balaban J connectivity index is 2.20. The van der Waals surface area contributed by atoms with Gasteiger partial charge in [-0.25, -0.2) is 8.42 Å². The molecule has 21 heavy (non-hydrogen) atoms. The fraction of sp³-hybridized carbons (Fsp3) is 0.133. The summed E-state index contributed by atoms with van der Waals surface area (Å²) in [6.07, 6.45) is 1.16. The molecule has 0 bridgehead atoms. The molecule has 0 aliphatic heterocycles. The van der Waals surface area contributed by atoms with Gasteiger partial charge in [0.1, 0.15) is 0 Å². The maximum atomic E-state index is 12.2. The van der Waals surface area contributed by atoms with Crippen molar-refractivity contribution < 1.29 is 13.2 Å². The van der Waals surface area contributed by atoms with E-state index < -0.39 is 9.84 Å². The molecular formula is C15H14ClNO3S. The average Bonchev–Trinajstić information content (AvgIpc) is 2.39. The van der Waals surface area contributed by atoms with Gasteiger partial charge >= 0.3 is 0 Å². The van der Waals surface area contributed by atoms with E-state index in [1.54, 1.807) is 48.5 Å². The van der Waals surface area contributed by atoms with Crippen molar-refractivity contribution in [3.63, 3.8) is 0 Å². The topological polar surface area (TPSA) is 63.2 Å². The molecule has 0 atom stereocenters. The first-order valence-corrected chi connectivity index (χ1v) is 8.61. The van der Waals surface area contributed by atoms with Crippen molar-refractivity contribution in [1.29, 1.82) is 0 Å². The van der Waals surface area contributed by atoms with Crippen molar-refractivity contribution in [2.24, 2.45) is 0 Å². The summed E-state index contributed by atoms with van der Waals surface area (Å²) >= 11 is 5.98. The summed E-state index contributed by atoms with van der Waals surface area (Å²) in [5, 5.41) is 3.14. The summed E-state index contributed by atoms with van der Waals surface area (Å²) < 4.78 is 22.6. The summed E-state index contributed by atoms with van der Waals surface area (Å²) in [5.74, 6) is -0.432. The molecule has 2 aromatic carbocycles. The predicted octanol–water partition coefficient (Wildman–Crippen LogP) is 3.14. The SMILES string of the molecule is CS(=O)(=O)Cc1cccc(C(=O)Nc2ccccc2Cl)c1. The van der Waals surface area contributed by atoms with Gasteiger partial charge in [-0.2, -0.15) is 0 Å². The molecule has 0 unspecified atom stereocenters. The molecule has 1 amide bonds. The summed E-state index contributed by atoms with van der Waals surface area (Å²) in [6, 6.07) is 13.4. The van der Waals surface area contributed by atoms with Gasteiger partial charge < -0.3 is 5.32 Å². The predicted molar refractivity (Wildman–Crippen MR) is 84.4 cm³/mol. The third-order valence-electron chi connectivity index (χ3n) is 2.74. The van der Waals surface area contributed by atoms with Crippen molar-refractivity contribution in [2.75, 3.05) is 11.6 Å². The Hall–Kier alpha value is -1.85. The quantitative estimate of drug-likeness (QED) is 0.940. The lowest BCUT2D eigenvalue weighted by atomic mass is 10.1. The van der Waals surface area contributed by atoms with Crippen LogP contribution in [0.2, 0.25) is 5.02 Å². The molecule has 2 rings (SSSR count). The molecule has 0 aromatic heterocycles. The van der Waals surface area contributed by atoms with Gasteiger partial charge in [0.15, 0.2) is 9.84 Å². The van der Waals surface area contributed by atoms with Crippen molar-refractivity contribution in [3.8, 4) is 0 Å². The molecule has 0 saturated heterocycles. The third kappa shape index (κ3) is 4.58. The molecule has 6 heteroatoms. The van der Waals surface area contributed by atoms with E-state index in [0.717, 1.165) is 6.26 Å². The molecule has 1 N–H and O–H groups in total. The summed E-state index contributed by atoms with van der Waals surface area (Å²) in [7, 11) is -3.14. The lowest BCUT2D eigenvalue weighted by Crippen LogP contribution is -2.12.